The fourth-order valence-electron chi connectivity index (χ4n) is 0.805. The number of rotatable bonds is 3. The predicted molar refractivity (Wildman–Crippen MR) is 45.7 cm³/mol. The van der Waals surface area contributed by atoms with E-state index >= 15 is 0 Å². The van der Waals surface area contributed by atoms with Crippen LogP contribution in [0.25, 0.3) is 0 Å². The lowest BCUT2D eigenvalue weighted by Gasteiger charge is -2.04. The number of nitrogens with one attached hydrogen (secondary N) is 2. The fraction of sp³-hybridized carbons (Fsp3) is 0.286. The van der Waals surface area contributed by atoms with Gasteiger partial charge in [0, 0.05) is 11.8 Å². The predicted octanol–water partition coefficient (Wildman–Crippen LogP) is -0.425. The van der Waals surface area contributed by atoms with Crippen molar-refractivity contribution in [2.75, 3.05) is 11.9 Å². The van der Waals surface area contributed by atoms with Crippen LogP contribution in [0.2, 0.25) is 0 Å². The second-order valence-corrected chi connectivity index (χ2v) is 2.49. The first-order valence-corrected chi connectivity index (χ1v) is 3.61. The summed E-state index contributed by atoms with van der Waals surface area (Å²) in [6.45, 7) is 1.48. The van der Waals surface area contributed by atoms with Gasteiger partial charge in [0.2, 0.25) is 0 Å². The van der Waals surface area contributed by atoms with Gasteiger partial charge in [0.1, 0.15) is 12.4 Å². The van der Waals surface area contributed by atoms with Crippen molar-refractivity contribution in [2.45, 2.75) is 6.92 Å². The van der Waals surface area contributed by atoms with Crippen molar-refractivity contribution < 1.29 is 9.90 Å². The summed E-state index contributed by atoms with van der Waals surface area (Å²) in [6, 6.07) is 0. The first-order valence-electron chi connectivity index (χ1n) is 3.61. The summed E-state index contributed by atoms with van der Waals surface area (Å²) < 4.78 is 0. The van der Waals surface area contributed by atoms with Crippen LogP contribution in [0.1, 0.15) is 5.56 Å². The summed E-state index contributed by atoms with van der Waals surface area (Å²) in [7, 11) is 0. The topological polar surface area (TPSA) is 95.1 Å². The molecule has 1 rings (SSSR count). The third kappa shape index (κ3) is 2.58. The van der Waals surface area contributed by atoms with Gasteiger partial charge in [0.05, 0.1) is 0 Å². The molecule has 0 atom stereocenters. The largest absolute Gasteiger partial charge is 0.480 e. The van der Waals surface area contributed by atoms with E-state index in [4.69, 9.17) is 5.11 Å². The van der Waals surface area contributed by atoms with Crippen LogP contribution in [0.4, 0.5) is 5.82 Å². The quantitative estimate of drug-likeness (QED) is 0.591. The van der Waals surface area contributed by atoms with Crippen LogP contribution in [0, 0.1) is 6.92 Å². The van der Waals surface area contributed by atoms with E-state index in [1.54, 1.807) is 6.92 Å². The van der Waals surface area contributed by atoms with Crippen molar-refractivity contribution in [3.8, 4) is 0 Å². The Hall–Kier alpha value is -1.85. The zero-order chi connectivity index (χ0) is 9.84. The molecule has 6 heteroatoms. The number of carboxylic acid groups (broad SMARTS) is 1. The Bertz CT molecular complexity index is 371. The van der Waals surface area contributed by atoms with Crippen LogP contribution in [0.5, 0.6) is 0 Å². The molecule has 1 aromatic heterocycles. The van der Waals surface area contributed by atoms with Gasteiger partial charge in [0.15, 0.2) is 0 Å². The van der Waals surface area contributed by atoms with Gasteiger partial charge in [-0.15, -0.1) is 0 Å². The average Bonchev–Trinajstić information content (AvgIpc) is 2.06. The Morgan fingerprint density at radius 3 is 3.08 bits per heavy atom. The molecule has 0 amide bonds. The number of nitrogens with zero attached hydrogens (tertiary/aromatic N) is 1. The van der Waals surface area contributed by atoms with Gasteiger partial charge in [-0.1, -0.05) is 0 Å². The normalized spacial score (nSPS) is 9.62. The molecule has 3 N–H and O–H groups in total. The molecule has 0 aliphatic carbocycles. The second kappa shape index (κ2) is 3.70. The maximum Gasteiger partial charge on any atom is 0.346 e. The number of aryl methyl sites for hydroxylation is 1. The molecule has 0 saturated heterocycles. The van der Waals surface area contributed by atoms with Gasteiger partial charge >= 0.3 is 11.7 Å². The van der Waals surface area contributed by atoms with Crippen molar-refractivity contribution in [2.24, 2.45) is 0 Å². The minimum Gasteiger partial charge on any atom is -0.480 e. The lowest BCUT2D eigenvalue weighted by atomic mass is 10.3. The summed E-state index contributed by atoms with van der Waals surface area (Å²) in [6.07, 6.45) is 1.38. The molecular weight excluding hydrogens is 174 g/mol. The second-order valence-electron chi connectivity index (χ2n) is 2.49. The van der Waals surface area contributed by atoms with Gasteiger partial charge in [-0.05, 0) is 6.92 Å². The van der Waals surface area contributed by atoms with E-state index < -0.39 is 11.7 Å². The molecular formula is C7H9N3O3. The standard InChI is InChI=1S/C7H9N3O3/c1-4-2-9-7(13)10-6(4)8-3-5(11)12/h2H,3H2,1H3,(H,11,12)(H2,8,9,10,13). The van der Waals surface area contributed by atoms with E-state index in [0.29, 0.717) is 11.4 Å². The van der Waals surface area contributed by atoms with Crippen molar-refractivity contribution in [1.29, 1.82) is 0 Å². The number of carboxylic acids is 1. The number of aliphatic carboxylic acids is 1. The minimum absolute atomic E-state index is 0.235. The Kier molecular flexibility index (Phi) is 2.63. The van der Waals surface area contributed by atoms with Crippen molar-refractivity contribution in [1.82, 2.24) is 9.97 Å². The third-order valence-corrected chi connectivity index (χ3v) is 1.42. The molecule has 6 nitrogen and oxygen atoms in total. The Balaban J connectivity index is 2.81. The maximum atomic E-state index is 10.7. The lowest BCUT2D eigenvalue weighted by Crippen LogP contribution is -2.18. The molecule has 0 saturated carbocycles. The number of aromatic amines is 1. The van der Waals surface area contributed by atoms with Gasteiger partial charge in [-0.2, -0.15) is 0 Å². The lowest BCUT2D eigenvalue weighted by molar-refractivity contribution is -0.134. The van der Waals surface area contributed by atoms with Crippen LogP contribution in [-0.4, -0.2) is 27.6 Å². The molecule has 0 aliphatic heterocycles. The SMILES string of the molecule is Cc1cnc(=O)[nH]c1NCC(=O)O. The van der Waals surface area contributed by atoms with Crippen LogP contribution in [0.3, 0.4) is 0 Å². The first-order chi connectivity index (χ1) is 6.09. The number of hydrogen-bond donors (Lipinski definition) is 3. The van der Waals surface area contributed by atoms with E-state index in [1.165, 1.54) is 6.20 Å². The van der Waals surface area contributed by atoms with Crippen LogP contribution >= 0.6 is 0 Å². The third-order valence-electron chi connectivity index (χ3n) is 1.42. The average molecular weight is 183 g/mol. The molecule has 0 unspecified atom stereocenters. The zero-order valence-electron chi connectivity index (χ0n) is 7.00. The van der Waals surface area contributed by atoms with Crippen LogP contribution < -0.4 is 11.0 Å². The molecule has 0 radical (unpaired) electrons. The summed E-state index contributed by atoms with van der Waals surface area (Å²) in [4.78, 5) is 26.8. The highest BCUT2D eigenvalue weighted by Gasteiger charge is 2.01. The van der Waals surface area contributed by atoms with Gasteiger partial charge in [0.25, 0.3) is 0 Å². The monoisotopic (exact) mass is 183 g/mol. The van der Waals surface area contributed by atoms with Crippen molar-refractivity contribution >= 4 is 11.8 Å². The number of anilines is 1. The molecule has 0 bridgehead atoms. The molecule has 0 spiro atoms. The smallest absolute Gasteiger partial charge is 0.346 e. The minimum atomic E-state index is -0.989. The Labute approximate surface area is 73.6 Å². The highest BCUT2D eigenvalue weighted by molar-refractivity contribution is 5.72. The summed E-state index contributed by atoms with van der Waals surface area (Å²) >= 11 is 0. The highest BCUT2D eigenvalue weighted by Crippen LogP contribution is 2.04. The van der Waals surface area contributed by atoms with Gasteiger partial charge in [-0.3, -0.25) is 9.78 Å². The van der Waals surface area contributed by atoms with Crippen molar-refractivity contribution in [3.63, 3.8) is 0 Å². The van der Waals surface area contributed by atoms with Gasteiger partial charge in [-0.25, -0.2) is 9.78 Å². The molecule has 70 valence electrons. The summed E-state index contributed by atoms with van der Waals surface area (Å²) in [5.41, 5.74) is 0.194. The number of hydrogen-bond acceptors (Lipinski definition) is 4. The molecule has 1 aromatic rings. The van der Waals surface area contributed by atoms with E-state index in [9.17, 15) is 9.59 Å². The molecule has 13 heavy (non-hydrogen) atoms. The van der Waals surface area contributed by atoms with E-state index in [-0.39, 0.29) is 6.54 Å². The van der Waals surface area contributed by atoms with E-state index in [1.807, 2.05) is 0 Å². The molecule has 0 aromatic carbocycles. The maximum absolute atomic E-state index is 10.7. The summed E-state index contributed by atoms with van der Waals surface area (Å²) in [5, 5.41) is 10.9. The number of H-pyrrole nitrogens is 1. The van der Waals surface area contributed by atoms with Crippen molar-refractivity contribution in [3.05, 3.63) is 22.2 Å². The van der Waals surface area contributed by atoms with Crippen LogP contribution in [0.15, 0.2) is 11.0 Å². The molecule has 0 aliphatic rings. The summed E-state index contributed by atoms with van der Waals surface area (Å²) in [5.74, 6) is -0.598. The van der Waals surface area contributed by atoms with E-state index in [2.05, 4.69) is 15.3 Å². The number of aromatic nitrogens is 2. The van der Waals surface area contributed by atoms with E-state index in [0.717, 1.165) is 0 Å². The van der Waals surface area contributed by atoms with Gasteiger partial charge < -0.3 is 10.4 Å². The molecule has 0 fully saturated rings. The van der Waals surface area contributed by atoms with Crippen LogP contribution in [-0.2, 0) is 4.79 Å². The Morgan fingerprint density at radius 2 is 2.46 bits per heavy atom. The molecule has 1 heterocycles. The zero-order valence-corrected chi connectivity index (χ0v) is 7.00. The number of carbonyl (C=O) groups is 1. The Morgan fingerprint density at radius 1 is 1.77 bits per heavy atom. The highest BCUT2D eigenvalue weighted by atomic mass is 16.4. The first kappa shape index (κ1) is 9.24. The fourth-order valence-corrected chi connectivity index (χ4v) is 0.805.